The number of hydrogen-bond donors (Lipinski definition) is 1. The van der Waals surface area contributed by atoms with Crippen LogP contribution in [-0.4, -0.2) is 18.0 Å². The number of carbonyl (C=O) groups is 1. The van der Waals surface area contributed by atoms with Crippen molar-refractivity contribution in [2.24, 2.45) is 5.92 Å². The monoisotopic (exact) mass is 398 g/mol. The van der Waals surface area contributed by atoms with E-state index in [0.29, 0.717) is 5.92 Å². The highest BCUT2D eigenvalue weighted by molar-refractivity contribution is 5.99. The van der Waals surface area contributed by atoms with Crippen molar-refractivity contribution in [3.63, 3.8) is 0 Å². The Balaban J connectivity index is 1.38. The van der Waals surface area contributed by atoms with Gasteiger partial charge in [-0.2, -0.15) is 0 Å². The third-order valence-corrected chi connectivity index (χ3v) is 6.04. The van der Waals surface area contributed by atoms with Crippen LogP contribution in [0.4, 0.5) is 5.69 Å². The van der Waals surface area contributed by atoms with E-state index in [1.165, 1.54) is 5.56 Å². The lowest BCUT2D eigenvalue weighted by Gasteiger charge is -2.15. The van der Waals surface area contributed by atoms with Gasteiger partial charge in [-0.05, 0) is 71.9 Å². The SMILES string of the molecule is CC[C@]1(c2cccc(OC)c2)C[C@H]1C=CC(=O)Nc1ccc(-c2cccnc2)cc1. The number of ether oxygens (including phenoxy) is 1. The highest BCUT2D eigenvalue weighted by Gasteiger charge is 2.52. The molecule has 152 valence electrons. The maximum atomic E-state index is 12.4. The van der Waals surface area contributed by atoms with Gasteiger partial charge in [0.25, 0.3) is 0 Å². The molecule has 3 aromatic rings. The minimum atomic E-state index is -0.105. The highest BCUT2D eigenvalue weighted by atomic mass is 16.5. The molecule has 4 rings (SSSR count). The van der Waals surface area contributed by atoms with Crippen molar-refractivity contribution in [3.05, 3.63) is 90.8 Å². The summed E-state index contributed by atoms with van der Waals surface area (Å²) in [7, 11) is 1.69. The van der Waals surface area contributed by atoms with Gasteiger partial charge in [-0.3, -0.25) is 9.78 Å². The quantitative estimate of drug-likeness (QED) is 0.526. The molecule has 0 radical (unpaired) electrons. The van der Waals surface area contributed by atoms with Gasteiger partial charge in [0.05, 0.1) is 7.11 Å². The molecule has 1 N–H and O–H groups in total. The molecule has 1 aliphatic carbocycles. The van der Waals surface area contributed by atoms with Gasteiger partial charge in [0, 0.05) is 23.5 Å². The molecule has 1 aromatic heterocycles. The van der Waals surface area contributed by atoms with Gasteiger partial charge in [0.1, 0.15) is 5.75 Å². The zero-order valence-electron chi connectivity index (χ0n) is 17.3. The van der Waals surface area contributed by atoms with Crippen molar-refractivity contribution < 1.29 is 9.53 Å². The molecule has 30 heavy (non-hydrogen) atoms. The summed E-state index contributed by atoms with van der Waals surface area (Å²) in [6.07, 6.45) is 9.38. The van der Waals surface area contributed by atoms with Crippen LogP contribution in [0, 0.1) is 5.92 Å². The number of rotatable bonds is 7. The standard InChI is InChI=1S/C26H26N2O2/c1-3-26(21-7-4-8-24(16-21)30-2)17-22(26)11-14-25(29)28-23-12-9-19(10-13-23)20-6-5-15-27-18-20/h4-16,18,22H,3,17H2,1-2H3,(H,28,29)/t22-,26-/m1/s1. The first-order valence-corrected chi connectivity index (χ1v) is 10.3. The average molecular weight is 399 g/mol. The summed E-state index contributed by atoms with van der Waals surface area (Å²) in [4.78, 5) is 16.6. The second kappa shape index (κ2) is 8.54. The number of pyridine rings is 1. The smallest absolute Gasteiger partial charge is 0.248 e. The lowest BCUT2D eigenvalue weighted by molar-refractivity contribution is -0.111. The largest absolute Gasteiger partial charge is 0.497 e. The van der Waals surface area contributed by atoms with E-state index in [9.17, 15) is 4.79 Å². The van der Waals surface area contributed by atoms with Crippen LogP contribution in [0.3, 0.4) is 0 Å². The molecule has 1 amide bonds. The number of nitrogens with zero attached hydrogens (tertiary/aromatic N) is 1. The number of anilines is 1. The van der Waals surface area contributed by atoms with Crippen LogP contribution in [0.25, 0.3) is 11.1 Å². The number of nitrogens with one attached hydrogen (secondary N) is 1. The zero-order chi connectivity index (χ0) is 21.0. The fourth-order valence-electron chi connectivity index (χ4n) is 4.13. The molecule has 1 heterocycles. The summed E-state index contributed by atoms with van der Waals surface area (Å²) in [6.45, 7) is 2.21. The van der Waals surface area contributed by atoms with Crippen LogP contribution >= 0.6 is 0 Å². The molecule has 1 aliphatic rings. The van der Waals surface area contributed by atoms with Crippen molar-refractivity contribution in [2.75, 3.05) is 12.4 Å². The van der Waals surface area contributed by atoms with Crippen LogP contribution in [0.5, 0.6) is 5.75 Å². The number of carbonyl (C=O) groups excluding carboxylic acids is 1. The molecule has 0 bridgehead atoms. The molecule has 4 heteroatoms. The lowest BCUT2D eigenvalue weighted by Crippen LogP contribution is -2.10. The van der Waals surface area contributed by atoms with Crippen LogP contribution in [-0.2, 0) is 10.2 Å². The third-order valence-electron chi connectivity index (χ3n) is 6.04. The Kier molecular flexibility index (Phi) is 5.66. The molecule has 2 atom stereocenters. The van der Waals surface area contributed by atoms with E-state index in [2.05, 4.69) is 29.4 Å². The number of benzene rings is 2. The van der Waals surface area contributed by atoms with Gasteiger partial charge < -0.3 is 10.1 Å². The Hall–Kier alpha value is -3.40. The normalized spacial score (nSPS) is 20.1. The summed E-state index contributed by atoms with van der Waals surface area (Å²) in [6, 6.07) is 20.0. The minimum absolute atomic E-state index is 0.105. The minimum Gasteiger partial charge on any atom is -0.497 e. The first kappa shape index (κ1) is 19.9. The van der Waals surface area contributed by atoms with Crippen molar-refractivity contribution in [3.8, 4) is 16.9 Å². The summed E-state index contributed by atoms with van der Waals surface area (Å²) >= 11 is 0. The van der Waals surface area contributed by atoms with Crippen molar-refractivity contribution in [2.45, 2.75) is 25.2 Å². The van der Waals surface area contributed by atoms with Crippen LogP contribution in [0.2, 0.25) is 0 Å². The van der Waals surface area contributed by atoms with E-state index in [1.807, 2.05) is 60.8 Å². The highest BCUT2D eigenvalue weighted by Crippen LogP contribution is 2.57. The number of hydrogen-bond acceptors (Lipinski definition) is 3. The first-order valence-electron chi connectivity index (χ1n) is 10.3. The maximum absolute atomic E-state index is 12.4. The maximum Gasteiger partial charge on any atom is 0.248 e. The Morgan fingerprint density at radius 2 is 2.00 bits per heavy atom. The Morgan fingerprint density at radius 1 is 1.17 bits per heavy atom. The predicted octanol–water partition coefficient (Wildman–Crippen LogP) is 5.62. The van der Waals surface area contributed by atoms with E-state index in [-0.39, 0.29) is 11.3 Å². The molecule has 1 fully saturated rings. The van der Waals surface area contributed by atoms with Crippen molar-refractivity contribution >= 4 is 11.6 Å². The molecule has 1 saturated carbocycles. The first-order chi connectivity index (χ1) is 14.6. The Labute approximate surface area is 177 Å². The predicted molar refractivity (Wildman–Crippen MR) is 121 cm³/mol. The molecular formula is C26H26N2O2. The van der Waals surface area contributed by atoms with Crippen molar-refractivity contribution in [1.82, 2.24) is 4.98 Å². The second-order valence-electron chi connectivity index (χ2n) is 7.72. The molecule has 0 unspecified atom stereocenters. The fraction of sp³-hybridized carbons (Fsp3) is 0.231. The molecular weight excluding hydrogens is 372 g/mol. The van der Waals surface area contributed by atoms with Gasteiger partial charge in [-0.25, -0.2) is 0 Å². The lowest BCUT2D eigenvalue weighted by atomic mass is 9.90. The van der Waals surface area contributed by atoms with Crippen LogP contribution < -0.4 is 10.1 Å². The number of aromatic nitrogens is 1. The molecule has 4 nitrogen and oxygen atoms in total. The number of methoxy groups -OCH3 is 1. The van der Waals surface area contributed by atoms with Gasteiger partial charge in [0.15, 0.2) is 0 Å². The average Bonchev–Trinajstić information content (AvgIpc) is 3.53. The van der Waals surface area contributed by atoms with Gasteiger partial charge in [0.2, 0.25) is 5.91 Å². The van der Waals surface area contributed by atoms with E-state index in [4.69, 9.17) is 4.74 Å². The Bertz CT molecular complexity index is 1040. The molecule has 0 aliphatic heterocycles. The molecule has 2 aromatic carbocycles. The van der Waals surface area contributed by atoms with Gasteiger partial charge in [-0.1, -0.05) is 43.3 Å². The zero-order valence-corrected chi connectivity index (χ0v) is 17.3. The van der Waals surface area contributed by atoms with Gasteiger partial charge in [-0.15, -0.1) is 0 Å². The second-order valence-corrected chi connectivity index (χ2v) is 7.72. The van der Waals surface area contributed by atoms with Gasteiger partial charge >= 0.3 is 0 Å². The third kappa shape index (κ3) is 4.13. The Morgan fingerprint density at radius 3 is 2.70 bits per heavy atom. The van der Waals surface area contributed by atoms with Crippen molar-refractivity contribution in [1.29, 1.82) is 0 Å². The summed E-state index contributed by atoms with van der Waals surface area (Å²) in [5.41, 5.74) is 4.29. The van der Waals surface area contributed by atoms with E-state index >= 15 is 0 Å². The number of allylic oxidation sites excluding steroid dienone is 1. The van der Waals surface area contributed by atoms with E-state index < -0.39 is 0 Å². The molecule has 0 saturated heterocycles. The topological polar surface area (TPSA) is 51.2 Å². The summed E-state index contributed by atoms with van der Waals surface area (Å²) < 4.78 is 5.37. The van der Waals surface area contributed by atoms with E-state index in [1.54, 1.807) is 19.4 Å². The van der Waals surface area contributed by atoms with Crippen LogP contribution in [0.15, 0.2) is 85.2 Å². The fourth-order valence-corrected chi connectivity index (χ4v) is 4.13. The summed E-state index contributed by atoms with van der Waals surface area (Å²) in [5, 5.41) is 2.95. The number of amides is 1. The molecule has 0 spiro atoms. The van der Waals surface area contributed by atoms with Crippen LogP contribution in [0.1, 0.15) is 25.3 Å². The summed E-state index contributed by atoms with van der Waals surface area (Å²) in [5.74, 6) is 1.14. The van der Waals surface area contributed by atoms with E-state index in [0.717, 1.165) is 35.4 Å².